The number of aromatic nitrogens is 5. The molecule has 0 aliphatic rings. The Morgan fingerprint density at radius 1 is 1.27 bits per heavy atom. The molecular formula is C13H14N6O2S. The molecule has 0 atom stereocenters. The highest BCUT2D eigenvalue weighted by Gasteiger charge is 2.12. The molecule has 22 heavy (non-hydrogen) atoms. The van der Waals surface area contributed by atoms with Crippen LogP contribution in [0.4, 0.5) is 5.88 Å². The van der Waals surface area contributed by atoms with Gasteiger partial charge in [-0.15, -0.1) is 5.10 Å². The zero-order chi connectivity index (χ0) is 15.7. The van der Waals surface area contributed by atoms with Crippen LogP contribution in [0.1, 0.15) is 17.1 Å². The molecule has 1 amide bonds. The zero-order valence-corrected chi connectivity index (χ0v) is 13.1. The van der Waals surface area contributed by atoms with E-state index in [0.717, 1.165) is 11.4 Å². The number of thioether (sulfide) groups is 1. The van der Waals surface area contributed by atoms with Gasteiger partial charge in [-0.1, -0.05) is 16.9 Å². The van der Waals surface area contributed by atoms with Gasteiger partial charge in [-0.2, -0.15) is 4.98 Å². The number of rotatable bonds is 4. The molecule has 0 saturated heterocycles. The number of carbonyl (C=O) groups excluding carboxylic acids is 1. The molecule has 0 aliphatic heterocycles. The predicted molar refractivity (Wildman–Crippen MR) is 80.8 cm³/mol. The summed E-state index contributed by atoms with van der Waals surface area (Å²) in [5, 5.41) is 11.2. The van der Waals surface area contributed by atoms with E-state index in [4.69, 9.17) is 4.52 Å². The third-order valence-corrected chi connectivity index (χ3v) is 3.66. The van der Waals surface area contributed by atoms with E-state index in [1.165, 1.54) is 11.8 Å². The van der Waals surface area contributed by atoms with Crippen LogP contribution in [0.15, 0.2) is 21.8 Å². The number of carbonyl (C=O) groups is 1. The average Bonchev–Trinajstić information content (AvgIpc) is 3.03. The second-order valence-corrected chi connectivity index (χ2v) is 5.76. The molecule has 0 aliphatic carbocycles. The van der Waals surface area contributed by atoms with Crippen LogP contribution in [0.2, 0.25) is 0 Å². The topological polar surface area (TPSA) is 98.2 Å². The molecule has 114 valence electrons. The highest BCUT2D eigenvalue weighted by Crippen LogP contribution is 2.16. The molecule has 0 bridgehead atoms. The van der Waals surface area contributed by atoms with Crippen molar-refractivity contribution in [2.24, 2.45) is 0 Å². The lowest BCUT2D eigenvalue weighted by Gasteiger charge is -1.98. The Hall–Kier alpha value is -2.42. The largest absolute Gasteiger partial charge is 0.338 e. The summed E-state index contributed by atoms with van der Waals surface area (Å²) in [5.74, 6) is 0.834. The Balaban J connectivity index is 1.66. The van der Waals surface area contributed by atoms with E-state index in [2.05, 4.69) is 25.5 Å². The van der Waals surface area contributed by atoms with Crippen molar-refractivity contribution in [2.75, 3.05) is 11.1 Å². The van der Waals surface area contributed by atoms with Crippen molar-refractivity contribution in [3.63, 3.8) is 0 Å². The van der Waals surface area contributed by atoms with Crippen LogP contribution in [0, 0.1) is 20.8 Å². The molecule has 3 heterocycles. The maximum Gasteiger partial charge on any atom is 0.253 e. The second-order valence-electron chi connectivity index (χ2n) is 4.81. The van der Waals surface area contributed by atoms with E-state index in [-0.39, 0.29) is 11.7 Å². The van der Waals surface area contributed by atoms with Gasteiger partial charge in [-0.3, -0.25) is 10.1 Å². The molecule has 3 aromatic heterocycles. The van der Waals surface area contributed by atoms with Gasteiger partial charge < -0.3 is 4.52 Å². The Kier molecular flexibility index (Phi) is 3.80. The lowest BCUT2D eigenvalue weighted by atomic mass is 10.4. The number of hydrogen-bond acceptors (Lipinski definition) is 7. The first-order valence-electron chi connectivity index (χ1n) is 6.58. The van der Waals surface area contributed by atoms with Crippen molar-refractivity contribution >= 4 is 29.3 Å². The molecule has 0 saturated carbocycles. The summed E-state index contributed by atoms with van der Waals surface area (Å²) < 4.78 is 6.59. The number of anilines is 1. The van der Waals surface area contributed by atoms with Crippen LogP contribution in [0.5, 0.6) is 0 Å². The van der Waals surface area contributed by atoms with Crippen LogP contribution >= 0.6 is 11.8 Å². The van der Waals surface area contributed by atoms with Crippen LogP contribution in [-0.2, 0) is 4.79 Å². The van der Waals surface area contributed by atoms with E-state index in [9.17, 15) is 4.79 Å². The Morgan fingerprint density at radius 2 is 2.09 bits per heavy atom. The van der Waals surface area contributed by atoms with Crippen molar-refractivity contribution < 1.29 is 9.32 Å². The first-order valence-corrected chi connectivity index (χ1v) is 7.57. The Labute approximate surface area is 130 Å². The number of hydrogen-bond donors (Lipinski definition) is 1. The summed E-state index contributed by atoms with van der Waals surface area (Å²) in [7, 11) is 0. The van der Waals surface area contributed by atoms with Crippen molar-refractivity contribution in [1.29, 1.82) is 0 Å². The van der Waals surface area contributed by atoms with Gasteiger partial charge in [0.1, 0.15) is 0 Å². The molecule has 0 fully saturated rings. The quantitative estimate of drug-likeness (QED) is 0.732. The minimum Gasteiger partial charge on any atom is -0.338 e. The summed E-state index contributed by atoms with van der Waals surface area (Å²) in [5.41, 5.74) is 2.54. The number of fused-ring (bicyclic) bond motifs is 1. The zero-order valence-electron chi connectivity index (χ0n) is 12.3. The predicted octanol–water partition coefficient (Wildman–Crippen LogP) is 1.77. The molecule has 0 unspecified atom stereocenters. The first-order chi connectivity index (χ1) is 10.5. The average molecular weight is 318 g/mol. The molecule has 9 heteroatoms. The summed E-state index contributed by atoms with van der Waals surface area (Å²) in [6.07, 6.45) is 0. The molecule has 0 aromatic carbocycles. The maximum atomic E-state index is 11.8. The second kappa shape index (κ2) is 5.76. The van der Waals surface area contributed by atoms with Gasteiger partial charge in [0.25, 0.3) is 5.78 Å². The smallest absolute Gasteiger partial charge is 0.253 e. The van der Waals surface area contributed by atoms with Crippen molar-refractivity contribution in [2.45, 2.75) is 25.9 Å². The fourth-order valence-electron chi connectivity index (χ4n) is 1.94. The van der Waals surface area contributed by atoms with Gasteiger partial charge in [0.05, 0.1) is 11.4 Å². The standard InChI is InChI=1S/C13H14N6O2S/c1-7-4-9(3)19-12(14-7)16-13(17-19)22-6-10(20)15-11-5-8(2)18-21-11/h4-5H,6H2,1-3H3,(H,15,20). The van der Waals surface area contributed by atoms with Gasteiger partial charge in [0.15, 0.2) is 0 Å². The van der Waals surface area contributed by atoms with Crippen molar-refractivity contribution in [1.82, 2.24) is 24.7 Å². The fourth-order valence-corrected chi connectivity index (χ4v) is 2.55. The highest BCUT2D eigenvalue weighted by molar-refractivity contribution is 7.99. The van der Waals surface area contributed by atoms with E-state index >= 15 is 0 Å². The summed E-state index contributed by atoms with van der Waals surface area (Å²) >= 11 is 1.24. The summed E-state index contributed by atoms with van der Waals surface area (Å²) in [6.45, 7) is 5.62. The van der Waals surface area contributed by atoms with E-state index in [1.54, 1.807) is 17.5 Å². The SMILES string of the molecule is Cc1cc(NC(=O)CSc2nc3nc(C)cc(C)n3n2)on1. The third kappa shape index (κ3) is 3.08. The lowest BCUT2D eigenvalue weighted by molar-refractivity contribution is -0.113. The monoisotopic (exact) mass is 318 g/mol. The molecule has 0 spiro atoms. The molecular weight excluding hydrogens is 304 g/mol. The number of nitrogens with one attached hydrogen (secondary N) is 1. The number of aryl methyl sites for hydroxylation is 3. The maximum absolute atomic E-state index is 11.8. The molecule has 3 aromatic rings. The minimum absolute atomic E-state index is 0.175. The fraction of sp³-hybridized carbons (Fsp3) is 0.308. The number of amides is 1. The van der Waals surface area contributed by atoms with Gasteiger partial charge in [-0.25, -0.2) is 9.50 Å². The van der Waals surface area contributed by atoms with Gasteiger partial charge in [0, 0.05) is 17.5 Å². The van der Waals surface area contributed by atoms with Crippen molar-refractivity contribution in [3.8, 4) is 0 Å². The van der Waals surface area contributed by atoms with Gasteiger partial charge in [0.2, 0.25) is 16.9 Å². The molecule has 0 radical (unpaired) electrons. The summed E-state index contributed by atoms with van der Waals surface area (Å²) in [4.78, 5) is 20.4. The lowest BCUT2D eigenvalue weighted by Crippen LogP contribution is -2.13. The normalized spacial score (nSPS) is 11.0. The van der Waals surface area contributed by atoms with Crippen LogP contribution in [0.25, 0.3) is 5.78 Å². The highest BCUT2D eigenvalue weighted by atomic mass is 32.2. The van der Waals surface area contributed by atoms with E-state index < -0.39 is 0 Å². The first kappa shape index (κ1) is 14.5. The number of nitrogens with zero attached hydrogens (tertiary/aromatic N) is 5. The van der Waals surface area contributed by atoms with Crippen LogP contribution in [0.3, 0.4) is 0 Å². The van der Waals surface area contributed by atoms with Crippen molar-refractivity contribution in [3.05, 3.63) is 29.2 Å². The van der Waals surface area contributed by atoms with Crippen LogP contribution < -0.4 is 5.32 Å². The van der Waals surface area contributed by atoms with Gasteiger partial charge in [-0.05, 0) is 26.8 Å². The van der Waals surface area contributed by atoms with E-state index in [0.29, 0.717) is 22.5 Å². The third-order valence-electron chi connectivity index (χ3n) is 2.82. The molecule has 3 rings (SSSR count). The van der Waals surface area contributed by atoms with Gasteiger partial charge >= 0.3 is 0 Å². The van der Waals surface area contributed by atoms with Crippen LogP contribution in [-0.4, -0.2) is 36.4 Å². The minimum atomic E-state index is -0.208. The molecule has 8 nitrogen and oxygen atoms in total. The Morgan fingerprint density at radius 3 is 2.82 bits per heavy atom. The van der Waals surface area contributed by atoms with E-state index in [1.807, 2.05) is 19.9 Å². The molecule has 1 N–H and O–H groups in total. The summed E-state index contributed by atoms with van der Waals surface area (Å²) in [6, 6.07) is 3.58. The Bertz CT molecular complexity index is 840.